The lowest BCUT2D eigenvalue weighted by atomic mass is 9.88. The summed E-state index contributed by atoms with van der Waals surface area (Å²) in [5.41, 5.74) is 0.493. The van der Waals surface area contributed by atoms with E-state index in [2.05, 4.69) is 26.1 Å². The van der Waals surface area contributed by atoms with Crippen molar-refractivity contribution in [3.05, 3.63) is 35.6 Å². The molecule has 88 valence electrons. The SMILES string of the molecule is CC(NC(=O)c1ccc(F)cc1)C(C)(C)C. The molecular formula is C13H18FNO. The van der Waals surface area contributed by atoms with Crippen LogP contribution in [0, 0.1) is 11.2 Å². The van der Waals surface area contributed by atoms with Gasteiger partial charge in [0.25, 0.3) is 5.91 Å². The van der Waals surface area contributed by atoms with Crippen LogP contribution in [0.15, 0.2) is 24.3 Å². The molecule has 0 aliphatic rings. The quantitative estimate of drug-likeness (QED) is 0.820. The largest absolute Gasteiger partial charge is 0.349 e. The van der Waals surface area contributed by atoms with Gasteiger partial charge in [0.05, 0.1) is 0 Å². The predicted molar refractivity (Wildman–Crippen MR) is 62.8 cm³/mol. The second-order valence-electron chi connectivity index (χ2n) is 5.07. The zero-order chi connectivity index (χ0) is 12.3. The molecule has 0 aliphatic heterocycles. The summed E-state index contributed by atoms with van der Waals surface area (Å²) in [6, 6.07) is 5.61. The summed E-state index contributed by atoms with van der Waals surface area (Å²) in [6.45, 7) is 8.13. The van der Waals surface area contributed by atoms with Gasteiger partial charge in [0.2, 0.25) is 0 Å². The van der Waals surface area contributed by atoms with Crippen molar-refractivity contribution in [2.75, 3.05) is 0 Å². The normalized spacial score (nSPS) is 13.3. The highest BCUT2D eigenvalue weighted by Crippen LogP contribution is 2.18. The zero-order valence-electron chi connectivity index (χ0n) is 10.2. The first-order valence-corrected chi connectivity index (χ1v) is 5.37. The van der Waals surface area contributed by atoms with Crippen LogP contribution >= 0.6 is 0 Å². The van der Waals surface area contributed by atoms with Crippen LogP contribution in [-0.2, 0) is 0 Å². The summed E-state index contributed by atoms with van der Waals surface area (Å²) < 4.78 is 12.7. The van der Waals surface area contributed by atoms with E-state index in [9.17, 15) is 9.18 Å². The van der Waals surface area contributed by atoms with Crippen molar-refractivity contribution in [3.63, 3.8) is 0 Å². The molecule has 3 heteroatoms. The Hall–Kier alpha value is -1.38. The van der Waals surface area contributed by atoms with Gasteiger partial charge in [-0.25, -0.2) is 4.39 Å². The van der Waals surface area contributed by atoms with Gasteiger partial charge in [0.1, 0.15) is 5.82 Å². The number of halogens is 1. The van der Waals surface area contributed by atoms with E-state index < -0.39 is 0 Å². The minimum absolute atomic E-state index is 0.00961. The summed E-state index contributed by atoms with van der Waals surface area (Å²) >= 11 is 0. The number of carbonyl (C=O) groups excluding carboxylic acids is 1. The van der Waals surface area contributed by atoms with Gasteiger partial charge >= 0.3 is 0 Å². The first-order valence-electron chi connectivity index (χ1n) is 5.37. The molecule has 1 rings (SSSR count). The number of amides is 1. The Morgan fingerprint density at radius 3 is 2.19 bits per heavy atom. The summed E-state index contributed by atoms with van der Waals surface area (Å²) in [5, 5.41) is 2.89. The molecule has 0 saturated carbocycles. The number of hydrogen-bond acceptors (Lipinski definition) is 1. The van der Waals surface area contributed by atoms with Crippen LogP contribution in [-0.4, -0.2) is 11.9 Å². The summed E-state index contributed by atoms with van der Waals surface area (Å²) in [7, 11) is 0. The van der Waals surface area contributed by atoms with Crippen molar-refractivity contribution in [3.8, 4) is 0 Å². The zero-order valence-corrected chi connectivity index (χ0v) is 10.2. The molecule has 1 amide bonds. The number of carbonyl (C=O) groups is 1. The smallest absolute Gasteiger partial charge is 0.251 e. The molecule has 0 aliphatic carbocycles. The average molecular weight is 223 g/mol. The van der Waals surface area contributed by atoms with Gasteiger partial charge in [-0.1, -0.05) is 20.8 Å². The van der Waals surface area contributed by atoms with Crippen molar-refractivity contribution in [2.24, 2.45) is 5.41 Å². The molecule has 2 nitrogen and oxygen atoms in total. The molecule has 0 radical (unpaired) electrons. The number of nitrogens with one attached hydrogen (secondary N) is 1. The molecule has 1 N–H and O–H groups in total. The maximum absolute atomic E-state index is 12.7. The van der Waals surface area contributed by atoms with Crippen LogP contribution in [0.2, 0.25) is 0 Å². The second-order valence-corrected chi connectivity index (χ2v) is 5.07. The van der Waals surface area contributed by atoms with E-state index in [4.69, 9.17) is 0 Å². The molecule has 1 unspecified atom stereocenters. The lowest BCUT2D eigenvalue weighted by molar-refractivity contribution is 0.0910. The molecule has 0 aromatic heterocycles. The summed E-state index contributed by atoms with van der Waals surface area (Å²) in [4.78, 5) is 11.8. The van der Waals surface area contributed by atoms with Gasteiger partial charge in [-0.05, 0) is 36.6 Å². The third-order valence-electron chi connectivity index (χ3n) is 2.75. The Balaban J connectivity index is 2.70. The van der Waals surface area contributed by atoms with Crippen molar-refractivity contribution in [2.45, 2.75) is 33.7 Å². The first kappa shape index (κ1) is 12.7. The molecule has 0 bridgehead atoms. The predicted octanol–water partition coefficient (Wildman–Crippen LogP) is 2.99. The maximum atomic E-state index is 12.7. The Morgan fingerprint density at radius 1 is 1.25 bits per heavy atom. The monoisotopic (exact) mass is 223 g/mol. The topological polar surface area (TPSA) is 29.1 Å². The van der Waals surface area contributed by atoms with Crippen molar-refractivity contribution < 1.29 is 9.18 Å². The average Bonchev–Trinajstić information content (AvgIpc) is 2.17. The van der Waals surface area contributed by atoms with Crippen molar-refractivity contribution >= 4 is 5.91 Å². The van der Waals surface area contributed by atoms with Crippen LogP contribution in [0.5, 0.6) is 0 Å². The van der Waals surface area contributed by atoms with E-state index in [1.807, 2.05) is 6.92 Å². The van der Waals surface area contributed by atoms with Crippen LogP contribution < -0.4 is 5.32 Å². The standard InChI is InChI=1S/C13H18FNO/c1-9(13(2,3)4)15-12(16)10-5-7-11(14)8-6-10/h5-9H,1-4H3,(H,15,16). The Labute approximate surface area is 95.9 Å². The molecule has 1 aromatic rings. The fourth-order valence-electron chi connectivity index (χ4n) is 1.10. The first-order chi connectivity index (χ1) is 7.30. The number of hydrogen-bond donors (Lipinski definition) is 1. The molecule has 0 spiro atoms. The Morgan fingerprint density at radius 2 is 1.75 bits per heavy atom. The minimum atomic E-state index is -0.333. The second kappa shape index (κ2) is 4.64. The third kappa shape index (κ3) is 3.33. The fraction of sp³-hybridized carbons (Fsp3) is 0.462. The van der Waals surface area contributed by atoms with E-state index >= 15 is 0 Å². The maximum Gasteiger partial charge on any atom is 0.251 e. The fourth-order valence-corrected chi connectivity index (χ4v) is 1.10. The van der Waals surface area contributed by atoms with Crippen LogP contribution in [0.4, 0.5) is 4.39 Å². The van der Waals surface area contributed by atoms with Gasteiger partial charge in [-0.2, -0.15) is 0 Å². The molecular weight excluding hydrogens is 205 g/mol. The molecule has 0 heterocycles. The van der Waals surface area contributed by atoms with Crippen LogP contribution in [0.3, 0.4) is 0 Å². The lowest BCUT2D eigenvalue weighted by Gasteiger charge is -2.28. The molecule has 1 aromatic carbocycles. The van der Waals surface area contributed by atoms with E-state index in [-0.39, 0.29) is 23.2 Å². The van der Waals surface area contributed by atoms with Gasteiger partial charge < -0.3 is 5.32 Å². The highest BCUT2D eigenvalue weighted by atomic mass is 19.1. The van der Waals surface area contributed by atoms with E-state index in [1.165, 1.54) is 24.3 Å². The molecule has 0 fully saturated rings. The van der Waals surface area contributed by atoms with Crippen molar-refractivity contribution in [1.82, 2.24) is 5.32 Å². The van der Waals surface area contributed by atoms with Gasteiger partial charge in [-0.3, -0.25) is 4.79 Å². The highest BCUT2D eigenvalue weighted by molar-refractivity contribution is 5.94. The highest BCUT2D eigenvalue weighted by Gasteiger charge is 2.21. The van der Waals surface area contributed by atoms with E-state index in [1.54, 1.807) is 0 Å². The van der Waals surface area contributed by atoms with E-state index in [0.717, 1.165) is 0 Å². The van der Waals surface area contributed by atoms with Crippen LogP contribution in [0.1, 0.15) is 38.1 Å². The van der Waals surface area contributed by atoms with Gasteiger partial charge in [-0.15, -0.1) is 0 Å². The van der Waals surface area contributed by atoms with Gasteiger partial charge in [0.15, 0.2) is 0 Å². The number of benzene rings is 1. The third-order valence-corrected chi connectivity index (χ3v) is 2.75. The van der Waals surface area contributed by atoms with E-state index in [0.29, 0.717) is 5.56 Å². The summed E-state index contributed by atoms with van der Waals surface area (Å²) in [5.74, 6) is -0.497. The number of rotatable bonds is 2. The van der Waals surface area contributed by atoms with Gasteiger partial charge in [0, 0.05) is 11.6 Å². The Bertz CT molecular complexity index is 365. The van der Waals surface area contributed by atoms with Crippen LogP contribution in [0.25, 0.3) is 0 Å². The minimum Gasteiger partial charge on any atom is -0.349 e. The lowest BCUT2D eigenvalue weighted by Crippen LogP contribution is -2.41. The molecule has 0 saturated heterocycles. The van der Waals surface area contributed by atoms with Crippen molar-refractivity contribution in [1.29, 1.82) is 0 Å². The molecule has 1 atom stereocenters. The Kier molecular flexibility index (Phi) is 3.68. The summed E-state index contributed by atoms with van der Waals surface area (Å²) in [6.07, 6.45) is 0. The molecule has 16 heavy (non-hydrogen) atoms.